The molecule has 0 atom stereocenters. The summed E-state index contributed by atoms with van der Waals surface area (Å²) in [7, 11) is 0. The first-order valence-corrected chi connectivity index (χ1v) is 8.45. The van der Waals surface area contributed by atoms with Crippen LogP contribution in [0.1, 0.15) is 44.6 Å². The molecule has 0 radical (unpaired) electrons. The number of amidine groups is 1. The highest BCUT2D eigenvalue weighted by molar-refractivity contribution is 8.14. The van der Waals surface area contributed by atoms with Gasteiger partial charge in [0.2, 0.25) is 0 Å². The number of rotatable bonds is 7. The predicted octanol–water partition coefficient (Wildman–Crippen LogP) is 3.44. The SMILES string of the molecule is CCCCCCC[N+]1=C(N)SCC(c2ccccc2)=N1. The molecule has 3 nitrogen and oxygen atoms in total. The molecular formula is C16H24N3S+. The van der Waals surface area contributed by atoms with Gasteiger partial charge < -0.3 is 0 Å². The first-order chi connectivity index (χ1) is 9.81. The van der Waals surface area contributed by atoms with Crippen LogP contribution in [0.3, 0.4) is 0 Å². The largest absolute Gasteiger partial charge is 0.329 e. The third-order valence-corrected chi connectivity index (χ3v) is 4.36. The van der Waals surface area contributed by atoms with E-state index in [1.54, 1.807) is 11.8 Å². The molecule has 20 heavy (non-hydrogen) atoms. The van der Waals surface area contributed by atoms with Crippen molar-refractivity contribution in [2.45, 2.75) is 39.0 Å². The van der Waals surface area contributed by atoms with Gasteiger partial charge in [-0.15, -0.1) is 4.68 Å². The van der Waals surface area contributed by atoms with Crippen molar-refractivity contribution in [1.29, 1.82) is 0 Å². The van der Waals surface area contributed by atoms with Gasteiger partial charge >= 0.3 is 5.17 Å². The second-order valence-electron chi connectivity index (χ2n) is 5.08. The van der Waals surface area contributed by atoms with E-state index < -0.39 is 0 Å². The molecule has 0 aromatic heterocycles. The first kappa shape index (κ1) is 15.1. The molecule has 108 valence electrons. The van der Waals surface area contributed by atoms with Gasteiger partial charge in [0.1, 0.15) is 12.3 Å². The summed E-state index contributed by atoms with van der Waals surface area (Å²) >= 11 is 1.69. The molecule has 1 aromatic carbocycles. The van der Waals surface area contributed by atoms with Crippen LogP contribution in [0.15, 0.2) is 35.4 Å². The second-order valence-corrected chi connectivity index (χ2v) is 6.07. The van der Waals surface area contributed by atoms with E-state index in [9.17, 15) is 0 Å². The van der Waals surface area contributed by atoms with Gasteiger partial charge in [0.15, 0.2) is 0 Å². The zero-order valence-electron chi connectivity index (χ0n) is 12.2. The Morgan fingerprint density at radius 2 is 1.90 bits per heavy atom. The summed E-state index contributed by atoms with van der Waals surface area (Å²) in [6, 6.07) is 10.4. The van der Waals surface area contributed by atoms with Crippen molar-refractivity contribution in [3.63, 3.8) is 0 Å². The van der Waals surface area contributed by atoms with Gasteiger partial charge in [-0.25, -0.2) is 0 Å². The predicted molar refractivity (Wildman–Crippen MR) is 88.5 cm³/mol. The van der Waals surface area contributed by atoms with E-state index in [-0.39, 0.29) is 0 Å². The third-order valence-electron chi connectivity index (χ3n) is 3.43. The summed E-state index contributed by atoms with van der Waals surface area (Å²) in [5, 5.41) is 5.55. The van der Waals surface area contributed by atoms with Crippen LogP contribution in [0.4, 0.5) is 0 Å². The highest BCUT2D eigenvalue weighted by atomic mass is 32.2. The van der Waals surface area contributed by atoms with E-state index in [4.69, 9.17) is 10.8 Å². The normalized spacial score (nSPS) is 15.3. The Morgan fingerprint density at radius 1 is 1.15 bits per heavy atom. The summed E-state index contributed by atoms with van der Waals surface area (Å²) < 4.78 is 1.97. The van der Waals surface area contributed by atoms with E-state index in [0.29, 0.717) is 0 Å². The Kier molecular flexibility index (Phi) is 6.12. The average Bonchev–Trinajstić information content (AvgIpc) is 2.49. The second kappa shape index (κ2) is 8.10. The van der Waals surface area contributed by atoms with Gasteiger partial charge in [-0.1, -0.05) is 61.6 Å². The van der Waals surface area contributed by atoms with Gasteiger partial charge in [0.25, 0.3) is 0 Å². The lowest BCUT2D eigenvalue weighted by molar-refractivity contribution is -0.532. The van der Waals surface area contributed by atoms with Crippen molar-refractivity contribution in [2.24, 2.45) is 10.8 Å². The van der Waals surface area contributed by atoms with Crippen LogP contribution in [-0.4, -0.2) is 27.9 Å². The monoisotopic (exact) mass is 290 g/mol. The van der Waals surface area contributed by atoms with Gasteiger partial charge in [-0.05, 0) is 24.6 Å². The van der Waals surface area contributed by atoms with Crippen LogP contribution in [0, 0.1) is 0 Å². The topological polar surface area (TPSA) is 41.4 Å². The molecule has 0 unspecified atom stereocenters. The summed E-state index contributed by atoms with van der Waals surface area (Å²) in [6.07, 6.45) is 6.34. The molecule has 1 aliphatic rings. The van der Waals surface area contributed by atoms with Crippen LogP contribution in [0.25, 0.3) is 0 Å². The minimum Gasteiger partial charge on any atom is -0.280 e. The minimum atomic E-state index is 0.833. The van der Waals surface area contributed by atoms with E-state index in [1.165, 1.54) is 31.2 Å². The van der Waals surface area contributed by atoms with Crippen molar-refractivity contribution in [3.8, 4) is 0 Å². The number of nitrogens with two attached hydrogens (primary N) is 1. The van der Waals surface area contributed by atoms with Crippen LogP contribution in [-0.2, 0) is 0 Å². The molecule has 1 heterocycles. The molecule has 1 aromatic rings. The van der Waals surface area contributed by atoms with Crippen molar-refractivity contribution in [2.75, 3.05) is 12.3 Å². The fourth-order valence-electron chi connectivity index (χ4n) is 2.24. The lowest BCUT2D eigenvalue weighted by Crippen LogP contribution is -2.29. The molecule has 0 saturated heterocycles. The molecule has 0 aliphatic carbocycles. The van der Waals surface area contributed by atoms with E-state index >= 15 is 0 Å². The van der Waals surface area contributed by atoms with Crippen LogP contribution >= 0.6 is 11.8 Å². The number of nitrogens with zero attached hydrogens (tertiary/aromatic N) is 2. The quantitative estimate of drug-likeness (QED) is 0.617. The Labute approximate surface area is 126 Å². The maximum atomic E-state index is 6.06. The Hall–Kier alpha value is -1.29. The summed E-state index contributed by atoms with van der Waals surface area (Å²) in [6.45, 7) is 3.17. The van der Waals surface area contributed by atoms with Crippen molar-refractivity contribution < 1.29 is 4.68 Å². The number of hydrogen-bond donors (Lipinski definition) is 1. The van der Waals surface area contributed by atoms with Crippen molar-refractivity contribution in [3.05, 3.63) is 35.9 Å². The zero-order valence-corrected chi connectivity index (χ0v) is 13.0. The minimum absolute atomic E-state index is 0.833. The zero-order chi connectivity index (χ0) is 14.2. The maximum Gasteiger partial charge on any atom is 0.329 e. The molecule has 0 saturated carbocycles. The molecular weight excluding hydrogens is 266 g/mol. The molecule has 1 aliphatic heterocycles. The number of unbranched alkanes of at least 4 members (excludes halogenated alkanes) is 4. The van der Waals surface area contributed by atoms with E-state index in [0.717, 1.165) is 29.6 Å². The molecule has 2 rings (SSSR count). The van der Waals surface area contributed by atoms with Crippen LogP contribution in [0.2, 0.25) is 0 Å². The van der Waals surface area contributed by atoms with Gasteiger partial charge in [0, 0.05) is 5.56 Å². The fraction of sp³-hybridized carbons (Fsp3) is 0.500. The van der Waals surface area contributed by atoms with Gasteiger partial charge in [0.05, 0.1) is 5.75 Å². The standard InChI is InChI=1S/C16H23N3S/c1-2-3-4-5-9-12-19-16(17)20-13-15(18-19)14-10-7-6-8-11-14/h6-8,10-11,17H,2-5,9,12-13H2,1H3/p+1. The fourth-order valence-corrected chi connectivity index (χ4v) is 3.03. The summed E-state index contributed by atoms with van der Waals surface area (Å²) in [5.41, 5.74) is 8.38. The molecule has 0 spiro atoms. The van der Waals surface area contributed by atoms with Crippen LogP contribution < -0.4 is 5.73 Å². The van der Waals surface area contributed by atoms with E-state index in [1.807, 2.05) is 10.8 Å². The molecule has 0 fully saturated rings. The number of hydrazone groups is 1. The molecule has 0 bridgehead atoms. The number of hydrogen-bond acceptors (Lipinski definition) is 3. The number of thioether (sulfide) groups is 1. The Bertz CT molecular complexity index is 480. The summed E-state index contributed by atoms with van der Waals surface area (Å²) in [5.74, 6) is 0.863. The number of benzene rings is 1. The van der Waals surface area contributed by atoms with Gasteiger partial charge in [-0.2, -0.15) is 0 Å². The lowest BCUT2D eigenvalue weighted by atomic mass is 10.1. The van der Waals surface area contributed by atoms with E-state index in [2.05, 4.69) is 31.2 Å². The lowest BCUT2D eigenvalue weighted by Gasteiger charge is -2.12. The highest BCUT2D eigenvalue weighted by Crippen LogP contribution is 2.14. The first-order valence-electron chi connectivity index (χ1n) is 7.47. The maximum absolute atomic E-state index is 6.06. The average molecular weight is 290 g/mol. The van der Waals surface area contributed by atoms with Gasteiger partial charge in [-0.3, -0.25) is 5.73 Å². The smallest absolute Gasteiger partial charge is 0.280 e. The highest BCUT2D eigenvalue weighted by Gasteiger charge is 2.19. The molecule has 2 N–H and O–H groups in total. The molecule has 4 heteroatoms. The van der Waals surface area contributed by atoms with Crippen molar-refractivity contribution >= 4 is 22.6 Å². The Balaban J connectivity index is 1.95. The third kappa shape index (κ3) is 4.37. The Morgan fingerprint density at radius 3 is 2.65 bits per heavy atom. The van der Waals surface area contributed by atoms with Crippen LogP contribution in [0.5, 0.6) is 0 Å². The molecule has 0 amide bonds. The van der Waals surface area contributed by atoms with Crippen molar-refractivity contribution in [1.82, 2.24) is 0 Å². The summed E-state index contributed by atoms with van der Waals surface area (Å²) in [4.78, 5) is 0.